The van der Waals surface area contributed by atoms with Crippen LogP contribution >= 0.6 is 0 Å². The molecule has 0 bridgehead atoms. The number of carbonyl (C=O) groups excluding carboxylic acids is 2. The molecule has 0 saturated carbocycles. The number of amides is 1. The highest BCUT2D eigenvalue weighted by Crippen LogP contribution is 2.29. The summed E-state index contributed by atoms with van der Waals surface area (Å²) in [5.74, 6) is -0.0712. The summed E-state index contributed by atoms with van der Waals surface area (Å²) in [5.41, 5.74) is 5.59. The van der Waals surface area contributed by atoms with Gasteiger partial charge in [-0.05, 0) is 87.0 Å². The van der Waals surface area contributed by atoms with Crippen molar-refractivity contribution in [2.75, 3.05) is 25.5 Å². The molecule has 2 aromatic carbocycles. The standard InChI is InChI=1S/C23H28N2O3/c1-14-5-7-18(17-9-11-24-12-10-17)13-20(14)22(26)25-21-15(2)6-8-19(16(21)3)23(27)28-4/h5-8,13,17,24H,9-12H2,1-4H3,(H,25,26). The predicted octanol–water partition coefficient (Wildman–Crippen LogP) is 4.12. The smallest absolute Gasteiger partial charge is 0.338 e. The molecule has 28 heavy (non-hydrogen) atoms. The maximum Gasteiger partial charge on any atom is 0.338 e. The lowest BCUT2D eigenvalue weighted by Crippen LogP contribution is -2.26. The number of rotatable bonds is 4. The van der Waals surface area contributed by atoms with Gasteiger partial charge in [0.2, 0.25) is 0 Å². The predicted molar refractivity (Wildman–Crippen MR) is 111 cm³/mol. The van der Waals surface area contributed by atoms with Gasteiger partial charge in [-0.3, -0.25) is 4.79 Å². The SMILES string of the molecule is COC(=O)c1ccc(C)c(NC(=O)c2cc(C3CCNCC3)ccc2C)c1C. The van der Waals surface area contributed by atoms with Gasteiger partial charge in [0.15, 0.2) is 0 Å². The molecule has 1 heterocycles. The Hall–Kier alpha value is -2.66. The van der Waals surface area contributed by atoms with E-state index in [2.05, 4.69) is 16.7 Å². The van der Waals surface area contributed by atoms with E-state index in [-0.39, 0.29) is 5.91 Å². The molecule has 0 aromatic heterocycles. The van der Waals surface area contributed by atoms with E-state index in [4.69, 9.17) is 4.74 Å². The second-order valence-corrected chi connectivity index (χ2v) is 7.47. The van der Waals surface area contributed by atoms with E-state index in [0.29, 0.717) is 28.3 Å². The minimum absolute atomic E-state index is 0.151. The summed E-state index contributed by atoms with van der Waals surface area (Å²) in [5, 5.41) is 6.41. The number of hydrogen-bond donors (Lipinski definition) is 2. The fraction of sp³-hybridized carbons (Fsp3) is 0.391. The summed E-state index contributed by atoms with van der Waals surface area (Å²) in [6.45, 7) is 7.72. The Kier molecular flexibility index (Phi) is 6.15. The van der Waals surface area contributed by atoms with Crippen LogP contribution in [0.2, 0.25) is 0 Å². The van der Waals surface area contributed by atoms with Crippen molar-refractivity contribution in [3.8, 4) is 0 Å². The van der Waals surface area contributed by atoms with Gasteiger partial charge in [-0.1, -0.05) is 18.2 Å². The number of anilines is 1. The molecule has 3 rings (SSSR count). The molecule has 1 aliphatic rings. The van der Waals surface area contributed by atoms with Gasteiger partial charge < -0.3 is 15.4 Å². The average Bonchev–Trinajstić information content (AvgIpc) is 2.71. The monoisotopic (exact) mass is 380 g/mol. The topological polar surface area (TPSA) is 67.4 Å². The van der Waals surface area contributed by atoms with Crippen LogP contribution in [0.15, 0.2) is 30.3 Å². The molecule has 0 spiro atoms. The van der Waals surface area contributed by atoms with Gasteiger partial charge in [-0.25, -0.2) is 4.79 Å². The van der Waals surface area contributed by atoms with Crippen molar-refractivity contribution in [1.29, 1.82) is 0 Å². The zero-order valence-electron chi connectivity index (χ0n) is 17.0. The molecule has 5 nitrogen and oxygen atoms in total. The normalized spacial score (nSPS) is 14.6. The Morgan fingerprint density at radius 3 is 2.36 bits per heavy atom. The quantitative estimate of drug-likeness (QED) is 0.783. The molecular weight excluding hydrogens is 352 g/mol. The van der Waals surface area contributed by atoms with E-state index in [1.54, 1.807) is 6.07 Å². The molecule has 2 aromatic rings. The van der Waals surface area contributed by atoms with Crippen LogP contribution in [0.25, 0.3) is 0 Å². The van der Waals surface area contributed by atoms with Crippen molar-refractivity contribution in [3.63, 3.8) is 0 Å². The number of ether oxygens (including phenoxy) is 1. The minimum atomic E-state index is -0.405. The Bertz CT molecular complexity index is 899. The molecule has 1 amide bonds. The third-order valence-corrected chi connectivity index (χ3v) is 5.63. The summed E-state index contributed by atoms with van der Waals surface area (Å²) >= 11 is 0. The van der Waals surface area contributed by atoms with Crippen molar-refractivity contribution in [2.24, 2.45) is 0 Å². The fourth-order valence-corrected chi connectivity index (χ4v) is 3.84. The number of piperidine rings is 1. The van der Waals surface area contributed by atoms with E-state index < -0.39 is 5.97 Å². The molecule has 5 heteroatoms. The highest BCUT2D eigenvalue weighted by Gasteiger charge is 2.20. The summed E-state index contributed by atoms with van der Waals surface area (Å²) in [4.78, 5) is 25.1. The third-order valence-electron chi connectivity index (χ3n) is 5.63. The highest BCUT2D eigenvalue weighted by molar-refractivity contribution is 6.07. The van der Waals surface area contributed by atoms with Crippen LogP contribution in [-0.2, 0) is 4.74 Å². The minimum Gasteiger partial charge on any atom is -0.465 e. The van der Waals surface area contributed by atoms with Gasteiger partial charge in [0.05, 0.1) is 12.7 Å². The van der Waals surface area contributed by atoms with Gasteiger partial charge in [0.25, 0.3) is 5.91 Å². The molecule has 0 radical (unpaired) electrons. The number of benzene rings is 2. The third kappa shape index (κ3) is 4.09. The zero-order valence-corrected chi connectivity index (χ0v) is 17.0. The first kappa shape index (κ1) is 20.1. The van der Waals surface area contributed by atoms with Crippen LogP contribution in [0.1, 0.15) is 61.7 Å². The number of methoxy groups -OCH3 is 1. The largest absolute Gasteiger partial charge is 0.465 e. The van der Waals surface area contributed by atoms with E-state index in [1.165, 1.54) is 12.7 Å². The second kappa shape index (κ2) is 8.57. The van der Waals surface area contributed by atoms with Crippen molar-refractivity contribution in [3.05, 3.63) is 63.7 Å². The lowest BCUT2D eigenvalue weighted by molar-refractivity contribution is 0.0599. The lowest BCUT2D eigenvalue weighted by Gasteiger charge is -2.24. The molecule has 1 fully saturated rings. The number of hydrogen-bond acceptors (Lipinski definition) is 4. The molecule has 1 aliphatic heterocycles. The van der Waals surface area contributed by atoms with Crippen molar-refractivity contribution in [1.82, 2.24) is 5.32 Å². The van der Waals surface area contributed by atoms with Crippen LogP contribution in [0.5, 0.6) is 0 Å². The zero-order chi connectivity index (χ0) is 20.3. The van der Waals surface area contributed by atoms with E-state index in [0.717, 1.165) is 37.1 Å². The van der Waals surface area contributed by atoms with Crippen molar-refractivity contribution < 1.29 is 14.3 Å². The van der Waals surface area contributed by atoms with E-state index in [9.17, 15) is 9.59 Å². The van der Waals surface area contributed by atoms with Gasteiger partial charge in [0, 0.05) is 11.3 Å². The number of esters is 1. The maximum absolute atomic E-state index is 13.1. The van der Waals surface area contributed by atoms with Crippen LogP contribution in [-0.4, -0.2) is 32.1 Å². The Balaban J connectivity index is 1.90. The maximum atomic E-state index is 13.1. The van der Waals surface area contributed by atoms with Crippen molar-refractivity contribution >= 4 is 17.6 Å². The number of aryl methyl sites for hydroxylation is 2. The van der Waals surface area contributed by atoms with Crippen LogP contribution in [0, 0.1) is 20.8 Å². The molecule has 0 unspecified atom stereocenters. The van der Waals surface area contributed by atoms with Gasteiger partial charge in [-0.2, -0.15) is 0 Å². The lowest BCUT2D eigenvalue weighted by atomic mass is 9.88. The highest BCUT2D eigenvalue weighted by atomic mass is 16.5. The first-order valence-corrected chi connectivity index (χ1v) is 9.73. The van der Waals surface area contributed by atoms with Gasteiger partial charge in [-0.15, -0.1) is 0 Å². The van der Waals surface area contributed by atoms with Crippen molar-refractivity contribution in [2.45, 2.75) is 39.5 Å². The van der Waals surface area contributed by atoms with Gasteiger partial charge in [0.1, 0.15) is 0 Å². The summed E-state index contributed by atoms with van der Waals surface area (Å²) < 4.78 is 4.85. The number of carbonyl (C=O) groups is 2. The van der Waals surface area contributed by atoms with E-state index >= 15 is 0 Å². The molecule has 0 atom stereocenters. The first-order chi connectivity index (χ1) is 13.4. The number of nitrogens with one attached hydrogen (secondary N) is 2. The summed E-state index contributed by atoms with van der Waals surface area (Å²) in [6, 6.07) is 9.74. The van der Waals surface area contributed by atoms with Crippen LogP contribution < -0.4 is 10.6 Å². The second-order valence-electron chi connectivity index (χ2n) is 7.47. The van der Waals surface area contributed by atoms with Gasteiger partial charge >= 0.3 is 5.97 Å². The fourth-order valence-electron chi connectivity index (χ4n) is 3.84. The van der Waals surface area contributed by atoms with E-state index in [1.807, 2.05) is 39.0 Å². The van der Waals surface area contributed by atoms with Crippen LogP contribution in [0.4, 0.5) is 5.69 Å². The molecule has 148 valence electrons. The Morgan fingerprint density at radius 1 is 1.00 bits per heavy atom. The molecule has 1 saturated heterocycles. The summed E-state index contributed by atoms with van der Waals surface area (Å²) in [7, 11) is 1.36. The molecule has 0 aliphatic carbocycles. The summed E-state index contributed by atoms with van der Waals surface area (Å²) in [6.07, 6.45) is 2.17. The molecule has 2 N–H and O–H groups in total. The molecular formula is C23H28N2O3. The Morgan fingerprint density at radius 2 is 1.68 bits per heavy atom. The van der Waals surface area contributed by atoms with Crippen LogP contribution in [0.3, 0.4) is 0 Å². The average molecular weight is 380 g/mol. The Labute approximate surface area is 166 Å². The first-order valence-electron chi connectivity index (χ1n) is 9.73.